The SMILES string of the molecule is CCc1cccc([C@H](N2CCNCC2)C(F)(F)F)c1O.Cl.Cl. The van der Waals surface area contributed by atoms with Gasteiger partial charge in [0.15, 0.2) is 0 Å². The summed E-state index contributed by atoms with van der Waals surface area (Å²) in [5, 5.41) is 13.1. The van der Waals surface area contributed by atoms with E-state index in [0.717, 1.165) is 0 Å². The van der Waals surface area contributed by atoms with Crippen molar-refractivity contribution >= 4 is 24.8 Å². The molecule has 1 aliphatic rings. The Morgan fingerprint density at radius 3 is 2.32 bits per heavy atom. The molecule has 0 amide bonds. The maximum Gasteiger partial charge on any atom is 0.408 e. The predicted octanol–water partition coefficient (Wildman–Crippen LogP) is 3.31. The minimum atomic E-state index is -4.40. The fourth-order valence-corrected chi connectivity index (χ4v) is 2.64. The van der Waals surface area contributed by atoms with E-state index in [0.29, 0.717) is 38.2 Å². The molecule has 0 saturated carbocycles. The summed E-state index contributed by atoms with van der Waals surface area (Å²) in [7, 11) is 0. The molecule has 2 rings (SSSR count). The molecule has 2 N–H and O–H groups in total. The van der Waals surface area contributed by atoms with E-state index >= 15 is 0 Å². The monoisotopic (exact) mass is 360 g/mol. The quantitative estimate of drug-likeness (QED) is 0.867. The molecule has 22 heavy (non-hydrogen) atoms. The van der Waals surface area contributed by atoms with E-state index in [9.17, 15) is 18.3 Å². The number of hydrogen-bond acceptors (Lipinski definition) is 3. The van der Waals surface area contributed by atoms with Gasteiger partial charge in [-0.05, 0) is 12.0 Å². The van der Waals surface area contributed by atoms with Gasteiger partial charge in [-0.3, -0.25) is 4.90 Å². The summed E-state index contributed by atoms with van der Waals surface area (Å²) < 4.78 is 40.3. The van der Waals surface area contributed by atoms with Crippen molar-refractivity contribution in [3.63, 3.8) is 0 Å². The van der Waals surface area contributed by atoms with Gasteiger partial charge in [0.2, 0.25) is 0 Å². The Hall–Kier alpha value is -0.690. The number of nitrogens with one attached hydrogen (secondary N) is 1. The van der Waals surface area contributed by atoms with Gasteiger partial charge in [0.25, 0.3) is 0 Å². The maximum atomic E-state index is 13.4. The number of hydrogen-bond donors (Lipinski definition) is 2. The second-order valence-electron chi connectivity index (χ2n) is 4.94. The number of nitrogens with zero attached hydrogens (tertiary/aromatic N) is 1. The Balaban J connectivity index is 0.00000220. The molecule has 1 fully saturated rings. The van der Waals surface area contributed by atoms with Crippen LogP contribution in [0.4, 0.5) is 13.2 Å². The molecule has 0 bridgehead atoms. The van der Waals surface area contributed by atoms with E-state index in [-0.39, 0.29) is 36.1 Å². The van der Waals surface area contributed by atoms with Gasteiger partial charge < -0.3 is 10.4 Å². The number of para-hydroxylation sites is 1. The fourth-order valence-electron chi connectivity index (χ4n) is 2.64. The van der Waals surface area contributed by atoms with Crippen LogP contribution < -0.4 is 5.32 Å². The number of rotatable bonds is 3. The summed E-state index contributed by atoms with van der Waals surface area (Å²) in [4.78, 5) is 1.38. The zero-order chi connectivity index (χ0) is 14.8. The van der Waals surface area contributed by atoms with Gasteiger partial charge in [0.05, 0.1) is 0 Å². The van der Waals surface area contributed by atoms with Gasteiger partial charge in [-0.25, -0.2) is 0 Å². The first kappa shape index (κ1) is 21.3. The fraction of sp³-hybridized carbons (Fsp3) is 0.571. The van der Waals surface area contributed by atoms with Gasteiger partial charge >= 0.3 is 6.18 Å². The van der Waals surface area contributed by atoms with Crippen LogP contribution in [0.3, 0.4) is 0 Å². The maximum absolute atomic E-state index is 13.4. The number of phenolic OH excluding ortho intramolecular Hbond substituents is 1. The Morgan fingerprint density at radius 2 is 1.82 bits per heavy atom. The van der Waals surface area contributed by atoms with Crippen LogP contribution in [0, 0.1) is 0 Å². The first-order chi connectivity index (χ1) is 9.45. The largest absolute Gasteiger partial charge is 0.507 e. The van der Waals surface area contributed by atoms with Crippen LogP contribution in [0.2, 0.25) is 0 Å². The average molecular weight is 361 g/mol. The number of benzene rings is 1. The number of halogens is 5. The van der Waals surface area contributed by atoms with E-state index in [2.05, 4.69) is 5.32 Å². The van der Waals surface area contributed by atoms with Crippen molar-refractivity contribution in [2.45, 2.75) is 25.6 Å². The van der Waals surface area contributed by atoms with Crippen LogP contribution in [0.5, 0.6) is 5.75 Å². The number of aryl methyl sites for hydroxylation is 1. The highest BCUT2D eigenvalue weighted by Crippen LogP contribution is 2.42. The van der Waals surface area contributed by atoms with Crippen molar-refractivity contribution < 1.29 is 18.3 Å². The molecule has 3 nitrogen and oxygen atoms in total. The van der Waals surface area contributed by atoms with Gasteiger partial charge in [0, 0.05) is 31.7 Å². The highest BCUT2D eigenvalue weighted by molar-refractivity contribution is 5.85. The van der Waals surface area contributed by atoms with E-state index in [4.69, 9.17) is 0 Å². The van der Waals surface area contributed by atoms with E-state index in [1.807, 2.05) is 6.92 Å². The highest BCUT2D eigenvalue weighted by Gasteiger charge is 2.46. The zero-order valence-corrected chi connectivity index (χ0v) is 13.8. The highest BCUT2D eigenvalue weighted by atomic mass is 35.5. The summed E-state index contributed by atoms with van der Waals surface area (Å²) in [6, 6.07) is 2.86. The molecule has 1 heterocycles. The van der Waals surface area contributed by atoms with E-state index in [1.165, 1.54) is 11.0 Å². The zero-order valence-electron chi connectivity index (χ0n) is 12.2. The summed E-state index contributed by atoms with van der Waals surface area (Å²) in [6.07, 6.45) is -3.90. The molecule has 1 aliphatic heterocycles. The molecule has 0 unspecified atom stereocenters. The molecule has 0 aromatic heterocycles. The minimum Gasteiger partial charge on any atom is -0.507 e. The van der Waals surface area contributed by atoms with Crippen molar-refractivity contribution in [1.29, 1.82) is 0 Å². The third-order valence-corrected chi connectivity index (χ3v) is 3.65. The second kappa shape index (κ2) is 8.82. The Morgan fingerprint density at radius 1 is 1.23 bits per heavy atom. The van der Waals surface area contributed by atoms with Crippen molar-refractivity contribution in [1.82, 2.24) is 10.2 Å². The van der Waals surface area contributed by atoms with Crippen LogP contribution in [0.25, 0.3) is 0 Å². The number of phenols is 1. The van der Waals surface area contributed by atoms with Crippen molar-refractivity contribution in [3.8, 4) is 5.75 Å². The minimum absolute atomic E-state index is 0. The average Bonchev–Trinajstić information content (AvgIpc) is 2.41. The molecule has 0 radical (unpaired) electrons. The molecule has 1 atom stereocenters. The van der Waals surface area contributed by atoms with E-state index < -0.39 is 12.2 Å². The van der Waals surface area contributed by atoms with Crippen LogP contribution in [-0.4, -0.2) is 42.4 Å². The summed E-state index contributed by atoms with van der Waals surface area (Å²) in [6.45, 7) is 3.51. The lowest BCUT2D eigenvalue weighted by Gasteiger charge is -2.36. The lowest BCUT2D eigenvalue weighted by molar-refractivity contribution is -0.188. The molecule has 1 aromatic rings. The van der Waals surface area contributed by atoms with Crippen molar-refractivity contribution in [3.05, 3.63) is 29.3 Å². The summed E-state index contributed by atoms with van der Waals surface area (Å²) in [5.41, 5.74) is 0.505. The van der Waals surface area contributed by atoms with Gasteiger partial charge in [0.1, 0.15) is 11.8 Å². The van der Waals surface area contributed by atoms with E-state index in [1.54, 1.807) is 12.1 Å². The Kier molecular flexibility index (Phi) is 8.54. The van der Waals surface area contributed by atoms with Crippen LogP contribution >= 0.6 is 24.8 Å². The first-order valence-electron chi connectivity index (χ1n) is 6.77. The lowest BCUT2D eigenvalue weighted by Crippen LogP contribution is -2.49. The summed E-state index contributed by atoms with van der Waals surface area (Å²) in [5.74, 6) is -0.226. The van der Waals surface area contributed by atoms with Gasteiger partial charge in [-0.15, -0.1) is 24.8 Å². The van der Waals surface area contributed by atoms with Crippen LogP contribution in [-0.2, 0) is 6.42 Å². The number of aromatic hydroxyl groups is 1. The standard InChI is InChI=1S/C14H19F3N2O.2ClH/c1-2-10-4-3-5-11(12(10)20)13(14(15,16)17)19-8-6-18-7-9-19;;/h3-5,13,18,20H,2,6-9H2,1H3;2*1H/t13-;;/m0../s1. The van der Waals surface area contributed by atoms with Crippen molar-refractivity contribution in [2.24, 2.45) is 0 Å². The third kappa shape index (κ3) is 4.65. The second-order valence-corrected chi connectivity index (χ2v) is 4.94. The van der Waals surface area contributed by atoms with Gasteiger partial charge in [-0.1, -0.05) is 25.1 Å². The smallest absolute Gasteiger partial charge is 0.408 e. The molecule has 8 heteroatoms. The molecular formula is C14H21Cl2F3N2O. The van der Waals surface area contributed by atoms with Crippen LogP contribution in [0.15, 0.2) is 18.2 Å². The molecule has 0 aliphatic carbocycles. The Labute approximate surface area is 140 Å². The molecule has 1 saturated heterocycles. The Bertz CT molecular complexity index is 466. The molecular weight excluding hydrogens is 340 g/mol. The van der Waals surface area contributed by atoms with Gasteiger partial charge in [-0.2, -0.15) is 13.2 Å². The third-order valence-electron chi connectivity index (χ3n) is 3.65. The number of alkyl halides is 3. The summed E-state index contributed by atoms with van der Waals surface area (Å²) >= 11 is 0. The number of piperazine rings is 1. The topological polar surface area (TPSA) is 35.5 Å². The normalized spacial score (nSPS) is 17.3. The molecule has 1 aromatic carbocycles. The lowest BCUT2D eigenvalue weighted by atomic mass is 9.98. The predicted molar refractivity (Wildman–Crippen MR) is 85.2 cm³/mol. The molecule has 0 spiro atoms. The first-order valence-corrected chi connectivity index (χ1v) is 6.77. The van der Waals surface area contributed by atoms with Crippen molar-refractivity contribution in [2.75, 3.05) is 26.2 Å². The molecule has 128 valence electrons. The van der Waals surface area contributed by atoms with Crippen LogP contribution in [0.1, 0.15) is 24.1 Å².